The molecule has 2 aromatic carbocycles. The van der Waals surface area contributed by atoms with Gasteiger partial charge in [0, 0.05) is 28.7 Å². The quantitative estimate of drug-likeness (QED) is 0.650. The standard InChI is InChI=1S/C23H24Cl2N2O4/c1-31-21(28)13-20(15-4-8-18(24)9-5-15)26-22(29)17-3-2-12-27(14-17)23(30)16-6-10-19(25)11-7-16/h4-11,17,20H,2-3,12-14H2,1H3,(H,26,29). The molecule has 2 unspecified atom stereocenters. The van der Waals surface area contributed by atoms with E-state index in [4.69, 9.17) is 27.9 Å². The first-order valence-electron chi connectivity index (χ1n) is 10.0. The largest absolute Gasteiger partial charge is 0.469 e. The molecule has 0 saturated carbocycles. The number of nitrogens with zero attached hydrogens (tertiary/aromatic N) is 1. The van der Waals surface area contributed by atoms with E-state index in [2.05, 4.69) is 5.32 Å². The Labute approximate surface area is 191 Å². The van der Waals surface area contributed by atoms with E-state index in [9.17, 15) is 14.4 Å². The first kappa shape index (κ1) is 23.1. The molecular weight excluding hydrogens is 439 g/mol. The second kappa shape index (κ2) is 10.6. The van der Waals surface area contributed by atoms with Crippen molar-refractivity contribution in [3.05, 3.63) is 69.7 Å². The minimum absolute atomic E-state index is 0.00398. The Balaban J connectivity index is 1.69. The van der Waals surface area contributed by atoms with E-state index < -0.39 is 12.0 Å². The second-order valence-corrected chi connectivity index (χ2v) is 8.36. The summed E-state index contributed by atoms with van der Waals surface area (Å²) in [5, 5.41) is 4.08. The number of benzene rings is 2. The van der Waals surface area contributed by atoms with Crippen molar-refractivity contribution in [3.8, 4) is 0 Å². The molecule has 2 atom stereocenters. The summed E-state index contributed by atoms with van der Waals surface area (Å²) in [5.41, 5.74) is 1.29. The zero-order chi connectivity index (χ0) is 22.4. The van der Waals surface area contributed by atoms with Gasteiger partial charge in [0.05, 0.1) is 25.5 Å². The molecule has 1 aliphatic rings. The third-order valence-electron chi connectivity index (χ3n) is 5.36. The maximum absolute atomic E-state index is 13.0. The van der Waals surface area contributed by atoms with Gasteiger partial charge in [0.2, 0.25) is 5.91 Å². The van der Waals surface area contributed by atoms with Crippen LogP contribution in [0.2, 0.25) is 10.0 Å². The first-order valence-corrected chi connectivity index (χ1v) is 10.8. The van der Waals surface area contributed by atoms with Gasteiger partial charge in [0.15, 0.2) is 0 Å². The fourth-order valence-corrected chi connectivity index (χ4v) is 3.89. The number of hydrogen-bond acceptors (Lipinski definition) is 4. The van der Waals surface area contributed by atoms with Crippen molar-refractivity contribution in [1.29, 1.82) is 0 Å². The summed E-state index contributed by atoms with van der Waals surface area (Å²) < 4.78 is 4.78. The van der Waals surface area contributed by atoms with E-state index in [1.54, 1.807) is 53.4 Å². The number of halogens is 2. The SMILES string of the molecule is COC(=O)CC(NC(=O)C1CCCN(C(=O)c2ccc(Cl)cc2)C1)c1ccc(Cl)cc1. The number of rotatable bonds is 6. The van der Waals surface area contributed by atoms with Crippen LogP contribution in [0.5, 0.6) is 0 Å². The Kier molecular flexibility index (Phi) is 7.93. The van der Waals surface area contributed by atoms with Gasteiger partial charge in [-0.15, -0.1) is 0 Å². The third-order valence-corrected chi connectivity index (χ3v) is 5.86. The van der Waals surface area contributed by atoms with E-state index in [1.165, 1.54) is 7.11 Å². The zero-order valence-electron chi connectivity index (χ0n) is 17.1. The monoisotopic (exact) mass is 462 g/mol. The molecule has 6 nitrogen and oxygen atoms in total. The lowest BCUT2D eigenvalue weighted by Gasteiger charge is -2.33. The molecule has 0 aromatic heterocycles. The molecule has 2 amide bonds. The van der Waals surface area contributed by atoms with E-state index in [-0.39, 0.29) is 24.2 Å². The Morgan fingerprint density at radius 3 is 2.29 bits per heavy atom. The lowest BCUT2D eigenvalue weighted by atomic mass is 9.95. The number of nitrogens with one attached hydrogen (secondary N) is 1. The molecule has 164 valence electrons. The van der Waals surface area contributed by atoms with E-state index in [1.807, 2.05) is 0 Å². The molecule has 1 heterocycles. The highest BCUT2D eigenvalue weighted by Gasteiger charge is 2.30. The lowest BCUT2D eigenvalue weighted by molar-refractivity contribution is -0.141. The number of hydrogen-bond donors (Lipinski definition) is 1. The Morgan fingerprint density at radius 2 is 1.68 bits per heavy atom. The second-order valence-electron chi connectivity index (χ2n) is 7.49. The van der Waals surface area contributed by atoms with Crippen molar-refractivity contribution in [1.82, 2.24) is 10.2 Å². The number of ether oxygens (including phenoxy) is 1. The predicted octanol–water partition coefficient (Wildman–Crippen LogP) is 4.27. The number of amides is 2. The molecule has 0 spiro atoms. The third kappa shape index (κ3) is 6.21. The predicted molar refractivity (Wildman–Crippen MR) is 119 cm³/mol. The summed E-state index contributed by atoms with van der Waals surface area (Å²) in [4.78, 5) is 39.4. The Bertz CT molecular complexity index is 932. The molecular formula is C23H24Cl2N2O4. The molecule has 1 aliphatic heterocycles. The van der Waals surface area contributed by atoms with Gasteiger partial charge in [0.1, 0.15) is 0 Å². The smallest absolute Gasteiger partial charge is 0.307 e. The van der Waals surface area contributed by atoms with Crippen LogP contribution in [0.25, 0.3) is 0 Å². The van der Waals surface area contributed by atoms with Crippen LogP contribution in [0.1, 0.15) is 41.2 Å². The number of carbonyl (C=O) groups excluding carboxylic acids is 3. The maximum atomic E-state index is 13.0. The number of carbonyl (C=O) groups is 3. The maximum Gasteiger partial charge on any atom is 0.307 e. The number of piperidine rings is 1. The summed E-state index contributed by atoms with van der Waals surface area (Å²) >= 11 is 11.9. The molecule has 1 N–H and O–H groups in total. The van der Waals surface area contributed by atoms with Crippen molar-refractivity contribution in [2.24, 2.45) is 5.92 Å². The highest BCUT2D eigenvalue weighted by Crippen LogP contribution is 2.24. The lowest BCUT2D eigenvalue weighted by Crippen LogP contribution is -2.46. The van der Waals surface area contributed by atoms with Crippen molar-refractivity contribution < 1.29 is 19.1 Å². The molecule has 1 fully saturated rings. The molecule has 0 radical (unpaired) electrons. The van der Waals surface area contributed by atoms with E-state index in [0.717, 1.165) is 12.0 Å². The van der Waals surface area contributed by atoms with Gasteiger partial charge >= 0.3 is 5.97 Å². The first-order chi connectivity index (χ1) is 14.9. The van der Waals surface area contributed by atoms with Crippen molar-refractivity contribution in [3.63, 3.8) is 0 Å². The summed E-state index contributed by atoms with van der Waals surface area (Å²) in [6.45, 7) is 0.910. The fraction of sp³-hybridized carbons (Fsp3) is 0.348. The van der Waals surface area contributed by atoms with Crippen LogP contribution in [0, 0.1) is 5.92 Å². The topological polar surface area (TPSA) is 75.7 Å². The molecule has 3 rings (SSSR count). The molecule has 2 aromatic rings. The molecule has 1 saturated heterocycles. The minimum Gasteiger partial charge on any atom is -0.469 e. The van der Waals surface area contributed by atoms with Crippen molar-refractivity contribution >= 4 is 41.0 Å². The van der Waals surface area contributed by atoms with Gasteiger partial charge in [-0.25, -0.2) is 0 Å². The molecule has 0 aliphatic carbocycles. The molecule has 0 bridgehead atoms. The number of esters is 1. The van der Waals surface area contributed by atoms with Gasteiger partial charge in [-0.05, 0) is 54.8 Å². The van der Waals surface area contributed by atoms with Crippen LogP contribution in [0.15, 0.2) is 48.5 Å². The zero-order valence-corrected chi connectivity index (χ0v) is 18.7. The van der Waals surface area contributed by atoms with Crippen LogP contribution in [-0.2, 0) is 14.3 Å². The highest BCUT2D eigenvalue weighted by molar-refractivity contribution is 6.30. The average molecular weight is 463 g/mol. The Hall–Kier alpha value is -2.57. The molecule has 8 heteroatoms. The number of methoxy groups -OCH3 is 1. The van der Waals surface area contributed by atoms with Crippen LogP contribution in [-0.4, -0.2) is 42.9 Å². The van der Waals surface area contributed by atoms with Crippen LogP contribution in [0.4, 0.5) is 0 Å². The summed E-state index contributed by atoms with van der Waals surface area (Å²) in [7, 11) is 1.31. The Morgan fingerprint density at radius 1 is 1.06 bits per heavy atom. The number of likely N-dealkylation sites (tertiary alicyclic amines) is 1. The normalized spacial score (nSPS) is 17.0. The van der Waals surface area contributed by atoms with Crippen LogP contribution >= 0.6 is 23.2 Å². The van der Waals surface area contributed by atoms with Gasteiger partial charge in [-0.2, -0.15) is 0 Å². The van der Waals surface area contributed by atoms with E-state index in [0.29, 0.717) is 35.1 Å². The highest BCUT2D eigenvalue weighted by atomic mass is 35.5. The fourth-order valence-electron chi connectivity index (χ4n) is 3.64. The van der Waals surface area contributed by atoms with E-state index >= 15 is 0 Å². The van der Waals surface area contributed by atoms with Crippen molar-refractivity contribution in [2.75, 3.05) is 20.2 Å². The molecule has 31 heavy (non-hydrogen) atoms. The van der Waals surface area contributed by atoms with Crippen molar-refractivity contribution in [2.45, 2.75) is 25.3 Å². The van der Waals surface area contributed by atoms with Gasteiger partial charge in [-0.1, -0.05) is 35.3 Å². The summed E-state index contributed by atoms with van der Waals surface area (Å²) in [5.74, 6) is -1.11. The summed E-state index contributed by atoms with van der Waals surface area (Å²) in [6.07, 6.45) is 1.39. The van der Waals surface area contributed by atoms with Crippen LogP contribution < -0.4 is 5.32 Å². The van der Waals surface area contributed by atoms with Gasteiger partial charge in [-0.3, -0.25) is 14.4 Å². The van der Waals surface area contributed by atoms with Crippen LogP contribution in [0.3, 0.4) is 0 Å². The van der Waals surface area contributed by atoms with Gasteiger partial charge < -0.3 is 15.0 Å². The van der Waals surface area contributed by atoms with Gasteiger partial charge in [0.25, 0.3) is 5.91 Å². The summed E-state index contributed by atoms with van der Waals surface area (Å²) in [6, 6.07) is 13.1. The minimum atomic E-state index is -0.542. The average Bonchev–Trinajstić information content (AvgIpc) is 2.79.